The van der Waals surface area contributed by atoms with E-state index in [1.54, 1.807) is 7.11 Å². The van der Waals surface area contributed by atoms with Crippen LogP contribution in [-0.4, -0.2) is 49.7 Å². The van der Waals surface area contributed by atoms with Gasteiger partial charge in [0.1, 0.15) is 0 Å². The molecule has 1 saturated heterocycles. The fourth-order valence-electron chi connectivity index (χ4n) is 2.45. The molecule has 0 radical (unpaired) electrons. The minimum Gasteiger partial charge on any atom is -0.380 e. The van der Waals surface area contributed by atoms with Gasteiger partial charge in [0.05, 0.1) is 12.1 Å². The summed E-state index contributed by atoms with van der Waals surface area (Å²) in [5.41, 5.74) is 0. The van der Waals surface area contributed by atoms with E-state index in [-0.39, 0.29) is 18.1 Å². The Morgan fingerprint density at radius 2 is 1.75 bits per heavy atom. The largest absolute Gasteiger partial charge is 0.380 e. The Balaban J connectivity index is 2.54. The van der Waals surface area contributed by atoms with Crippen molar-refractivity contribution in [1.82, 2.24) is 10.2 Å². The van der Waals surface area contributed by atoms with E-state index in [1.165, 1.54) is 0 Å². The molecule has 20 heavy (non-hydrogen) atoms. The molecule has 2 atom stereocenters. The van der Waals surface area contributed by atoms with Crippen LogP contribution in [0.4, 0.5) is 0 Å². The van der Waals surface area contributed by atoms with E-state index in [9.17, 15) is 4.79 Å². The van der Waals surface area contributed by atoms with Gasteiger partial charge in [0.2, 0.25) is 5.91 Å². The Morgan fingerprint density at radius 3 is 2.15 bits per heavy atom. The highest BCUT2D eigenvalue weighted by molar-refractivity contribution is 5.82. The van der Waals surface area contributed by atoms with Crippen LogP contribution in [0.15, 0.2) is 0 Å². The van der Waals surface area contributed by atoms with Gasteiger partial charge in [-0.3, -0.25) is 4.79 Å². The third kappa shape index (κ3) is 5.80. The number of carbonyl (C=O) groups is 1. The first kappa shape index (κ1) is 17.4. The third-order valence-electron chi connectivity index (χ3n) is 3.99. The van der Waals surface area contributed by atoms with Crippen LogP contribution in [-0.2, 0) is 9.53 Å². The first-order chi connectivity index (χ1) is 9.43. The summed E-state index contributed by atoms with van der Waals surface area (Å²) in [4.78, 5) is 14.7. The van der Waals surface area contributed by atoms with Gasteiger partial charge in [-0.25, -0.2) is 0 Å². The average molecular weight is 284 g/mol. The van der Waals surface area contributed by atoms with Crippen LogP contribution in [0, 0.1) is 11.8 Å². The van der Waals surface area contributed by atoms with Crippen LogP contribution in [0.5, 0.6) is 0 Å². The normalized spacial score (nSPS) is 22.8. The molecule has 0 saturated carbocycles. The number of hydrogen-bond donors (Lipinski definition) is 1. The summed E-state index contributed by atoms with van der Waals surface area (Å²) >= 11 is 0. The van der Waals surface area contributed by atoms with E-state index < -0.39 is 0 Å². The number of nitrogens with zero attached hydrogens (tertiary/aromatic N) is 1. The number of methoxy groups -OCH3 is 1. The fraction of sp³-hybridized carbons (Fsp3) is 0.938. The molecule has 1 aliphatic rings. The highest BCUT2D eigenvalue weighted by atomic mass is 16.5. The van der Waals surface area contributed by atoms with Crippen LogP contribution in [0.3, 0.4) is 0 Å². The van der Waals surface area contributed by atoms with E-state index in [4.69, 9.17) is 4.74 Å². The zero-order valence-corrected chi connectivity index (χ0v) is 13.8. The molecular weight excluding hydrogens is 252 g/mol. The summed E-state index contributed by atoms with van der Waals surface area (Å²) in [5.74, 6) is 1.52. The summed E-state index contributed by atoms with van der Waals surface area (Å²) < 4.78 is 5.33. The number of nitrogens with one attached hydrogen (secondary N) is 1. The maximum atomic E-state index is 12.6. The molecule has 4 nitrogen and oxygen atoms in total. The van der Waals surface area contributed by atoms with Crippen LogP contribution in [0.1, 0.15) is 47.0 Å². The molecule has 1 fully saturated rings. The van der Waals surface area contributed by atoms with E-state index in [0.29, 0.717) is 11.8 Å². The van der Waals surface area contributed by atoms with Gasteiger partial charge in [0, 0.05) is 26.7 Å². The molecule has 118 valence electrons. The zero-order chi connectivity index (χ0) is 15.1. The van der Waals surface area contributed by atoms with Gasteiger partial charge in [-0.2, -0.15) is 0 Å². The van der Waals surface area contributed by atoms with Gasteiger partial charge in [0.25, 0.3) is 0 Å². The quantitative estimate of drug-likeness (QED) is 0.743. The van der Waals surface area contributed by atoms with Gasteiger partial charge in [-0.1, -0.05) is 27.7 Å². The van der Waals surface area contributed by atoms with Gasteiger partial charge in [0.15, 0.2) is 0 Å². The molecule has 4 heteroatoms. The maximum absolute atomic E-state index is 12.6. The lowest BCUT2D eigenvalue weighted by atomic mass is 10.1. The molecule has 0 spiro atoms. The molecule has 0 aromatic carbocycles. The minimum absolute atomic E-state index is 0.0562. The second-order valence-electron chi connectivity index (χ2n) is 6.74. The van der Waals surface area contributed by atoms with Gasteiger partial charge in [-0.05, 0) is 31.1 Å². The predicted octanol–water partition coefficient (Wildman–Crippen LogP) is 2.28. The Labute approximate surface area is 124 Å². The number of rotatable bonds is 8. The number of hydrogen-bond acceptors (Lipinski definition) is 3. The molecule has 1 amide bonds. The van der Waals surface area contributed by atoms with Crippen LogP contribution >= 0.6 is 0 Å². The van der Waals surface area contributed by atoms with Crippen LogP contribution in [0.2, 0.25) is 0 Å². The lowest BCUT2D eigenvalue weighted by Gasteiger charge is -2.27. The van der Waals surface area contributed by atoms with Crippen molar-refractivity contribution in [3.63, 3.8) is 0 Å². The summed E-state index contributed by atoms with van der Waals surface area (Å²) in [7, 11) is 1.72. The smallest absolute Gasteiger partial charge is 0.239 e. The van der Waals surface area contributed by atoms with E-state index in [2.05, 4.69) is 37.9 Å². The van der Waals surface area contributed by atoms with Gasteiger partial charge in [-0.15, -0.1) is 0 Å². The van der Waals surface area contributed by atoms with Crippen molar-refractivity contribution in [2.24, 2.45) is 11.8 Å². The SMILES string of the molecule is COC1CNC(C(=O)N(CCC(C)C)CCC(C)C)C1. The molecule has 1 rings (SSSR count). The lowest BCUT2D eigenvalue weighted by Crippen LogP contribution is -2.44. The molecule has 1 N–H and O–H groups in total. The molecule has 0 aromatic heterocycles. The van der Waals surface area contributed by atoms with Crippen molar-refractivity contribution in [3.05, 3.63) is 0 Å². The van der Waals surface area contributed by atoms with Crippen molar-refractivity contribution in [2.75, 3.05) is 26.7 Å². The Kier molecular flexibility index (Phi) is 7.52. The Morgan fingerprint density at radius 1 is 1.20 bits per heavy atom. The number of amides is 1. The maximum Gasteiger partial charge on any atom is 0.239 e. The Bertz CT molecular complexity index is 280. The summed E-state index contributed by atoms with van der Waals surface area (Å²) in [5, 5.41) is 3.30. The van der Waals surface area contributed by atoms with E-state index in [0.717, 1.165) is 38.9 Å². The highest BCUT2D eigenvalue weighted by Gasteiger charge is 2.32. The second kappa shape index (κ2) is 8.63. The highest BCUT2D eigenvalue weighted by Crippen LogP contribution is 2.14. The monoisotopic (exact) mass is 284 g/mol. The minimum atomic E-state index is -0.0562. The van der Waals surface area contributed by atoms with Crippen LogP contribution < -0.4 is 5.32 Å². The number of carbonyl (C=O) groups excluding carboxylic acids is 1. The predicted molar refractivity (Wildman–Crippen MR) is 82.7 cm³/mol. The summed E-state index contributed by atoms with van der Waals surface area (Å²) in [6, 6.07) is -0.0562. The average Bonchev–Trinajstić information content (AvgIpc) is 2.86. The molecule has 1 aliphatic heterocycles. The molecular formula is C16H32N2O2. The molecule has 0 aromatic rings. The van der Waals surface area contributed by atoms with E-state index >= 15 is 0 Å². The lowest BCUT2D eigenvalue weighted by molar-refractivity contribution is -0.133. The fourth-order valence-corrected chi connectivity index (χ4v) is 2.45. The van der Waals surface area contributed by atoms with Gasteiger partial charge < -0.3 is 15.0 Å². The molecule has 0 aliphatic carbocycles. The number of ether oxygens (including phenoxy) is 1. The molecule has 0 bridgehead atoms. The zero-order valence-electron chi connectivity index (χ0n) is 13.8. The summed E-state index contributed by atoms with van der Waals surface area (Å²) in [6.45, 7) is 11.4. The third-order valence-corrected chi connectivity index (χ3v) is 3.99. The first-order valence-electron chi connectivity index (χ1n) is 7.99. The van der Waals surface area contributed by atoms with Crippen LogP contribution in [0.25, 0.3) is 0 Å². The van der Waals surface area contributed by atoms with E-state index in [1.807, 2.05) is 0 Å². The van der Waals surface area contributed by atoms with Crippen molar-refractivity contribution < 1.29 is 9.53 Å². The van der Waals surface area contributed by atoms with Crippen molar-refractivity contribution in [2.45, 2.75) is 59.1 Å². The van der Waals surface area contributed by atoms with Crippen molar-refractivity contribution >= 4 is 5.91 Å². The Hall–Kier alpha value is -0.610. The summed E-state index contributed by atoms with van der Waals surface area (Å²) in [6.07, 6.45) is 3.13. The van der Waals surface area contributed by atoms with Gasteiger partial charge >= 0.3 is 0 Å². The van der Waals surface area contributed by atoms with Crippen molar-refractivity contribution in [1.29, 1.82) is 0 Å². The molecule has 2 unspecified atom stereocenters. The van der Waals surface area contributed by atoms with Crippen molar-refractivity contribution in [3.8, 4) is 0 Å². The second-order valence-corrected chi connectivity index (χ2v) is 6.74. The topological polar surface area (TPSA) is 41.6 Å². The standard InChI is InChI=1S/C16H32N2O2/c1-12(2)6-8-18(9-7-13(3)4)16(19)15-10-14(20-5)11-17-15/h12-15,17H,6-11H2,1-5H3. The first-order valence-corrected chi connectivity index (χ1v) is 7.99. The molecule has 1 heterocycles.